The fourth-order valence-corrected chi connectivity index (χ4v) is 0.684. The molecule has 0 rings (SSSR count). The van der Waals surface area contributed by atoms with Crippen molar-refractivity contribution in [1.29, 1.82) is 0 Å². The highest BCUT2D eigenvalue weighted by atomic mass is 16.5. The molecule has 13 heavy (non-hydrogen) atoms. The number of carbonyl (C=O) groups excluding carboxylic acids is 1. The minimum atomic E-state index is -0.344. The van der Waals surface area contributed by atoms with E-state index < -0.39 is 0 Å². The smallest absolute Gasteiger partial charge is 0.331 e. The van der Waals surface area contributed by atoms with Gasteiger partial charge in [-0.1, -0.05) is 0 Å². The van der Waals surface area contributed by atoms with Crippen molar-refractivity contribution in [2.24, 2.45) is 0 Å². The van der Waals surface area contributed by atoms with Gasteiger partial charge in [0.05, 0.1) is 13.7 Å². The third-order valence-corrected chi connectivity index (χ3v) is 1.46. The predicted octanol–water partition coefficient (Wildman–Crippen LogP) is 0.641. The zero-order valence-corrected chi connectivity index (χ0v) is 8.45. The Morgan fingerprint density at radius 1 is 1.54 bits per heavy atom. The minimum absolute atomic E-state index is 0.344. The van der Waals surface area contributed by atoms with Crippen molar-refractivity contribution in [3.05, 3.63) is 12.3 Å². The van der Waals surface area contributed by atoms with Crippen LogP contribution < -0.4 is 0 Å². The van der Waals surface area contributed by atoms with Crippen LogP contribution in [0.5, 0.6) is 0 Å². The maximum Gasteiger partial charge on any atom is 0.331 e. The lowest BCUT2D eigenvalue weighted by atomic mass is 10.5. The van der Waals surface area contributed by atoms with E-state index in [9.17, 15) is 4.79 Å². The van der Waals surface area contributed by atoms with Gasteiger partial charge in [0, 0.05) is 32.5 Å². The van der Waals surface area contributed by atoms with Crippen LogP contribution in [0.25, 0.3) is 0 Å². The molecule has 4 heteroatoms. The lowest BCUT2D eigenvalue weighted by molar-refractivity contribution is -0.134. The fraction of sp³-hybridized carbons (Fsp3) is 0.667. The highest BCUT2D eigenvalue weighted by Crippen LogP contribution is 1.86. The Hall–Kier alpha value is -1.03. The molecular formula is C9H17NO3. The van der Waals surface area contributed by atoms with Gasteiger partial charge in [0.2, 0.25) is 0 Å². The summed E-state index contributed by atoms with van der Waals surface area (Å²) in [6.45, 7) is 4.10. The van der Waals surface area contributed by atoms with Crippen LogP contribution in [-0.4, -0.2) is 44.8 Å². The SMILES string of the molecule is CCOCCN(C)/C=C/C(=O)OC. The molecule has 0 aromatic heterocycles. The summed E-state index contributed by atoms with van der Waals surface area (Å²) in [6, 6.07) is 0. The number of ether oxygens (including phenoxy) is 2. The standard InChI is InChI=1S/C9H17NO3/c1-4-13-8-7-10(2)6-5-9(11)12-3/h5-6H,4,7-8H2,1-3H3/b6-5+. The van der Waals surface area contributed by atoms with E-state index in [1.807, 2.05) is 18.9 Å². The van der Waals surface area contributed by atoms with Crippen LogP contribution in [0.15, 0.2) is 12.3 Å². The molecule has 76 valence electrons. The molecule has 0 radical (unpaired) electrons. The molecule has 4 nitrogen and oxygen atoms in total. The molecule has 0 aliphatic heterocycles. The van der Waals surface area contributed by atoms with E-state index in [4.69, 9.17) is 4.74 Å². The topological polar surface area (TPSA) is 38.8 Å². The second kappa shape index (κ2) is 7.61. The number of carbonyl (C=O) groups is 1. The molecule has 0 aromatic carbocycles. The van der Waals surface area contributed by atoms with Crippen molar-refractivity contribution in [2.45, 2.75) is 6.92 Å². The Morgan fingerprint density at radius 2 is 2.23 bits per heavy atom. The zero-order valence-electron chi connectivity index (χ0n) is 8.45. The third kappa shape index (κ3) is 7.33. The van der Waals surface area contributed by atoms with E-state index in [0.29, 0.717) is 13.2 Å². The number of esters is 1. The number of nitrogens with zero attached hydrogens (tertiary/aromatic N) is 1. The van der Waals surface area contributed by atoms with Crippen molar-refractivity contribution in [1.82, 2.24) is 4.90 Å². The monoisotopic (exact) mass is 187 g/mol. The van der Waals surface area contributed by atoms with Gasteiger partial charge in [-0.15, -0.1) is 0 Å². The van der Waals surface area contributed by atoms with Crippen LogP contribution in [0.2, 0.25) is 0 Å². The number of rotatable bonds is 6. The summed E-state index contributed by atoms with van der Waals surface area (Å²) in [7, 11) is 3.23. The Bertz CT molecular complexity index is 168. The van der Waals surface area contributed by atoms with Gasteiger partial charge in [-0.25, -0.2) is 4.79 Å². The van der Waals surface area contributed by atoms with Crippen LogP contribution in [0.3, 0.4) is 0 Å². The van der Waals surface area contributed by atoms with Crippen molar-refractivity contribution in [3.63, 3.8) is 0 Å². The molecule has 0 atom stereocenters. The molecule has 0 heterocycles. The molecule has 0 amide bonds. The van der Waals surface area contributed by atoms with Gasteiger partial charge >= 0.3 is 5.97 Å². The Labute approximate surface area is 79.1 Å². The molecule has 0 spiro atoms. The highest BCUT2D eigenvalue weighted by molar-refractivity contribution is 5.81. The first-order valence-electron chi connectivity index (χ1n) is 4.24. The van der Waals surface area contributed by atoms with E-state index in [2.05, 4.69) is 4.74 Å². The van der Waals surface area contributed by atoms with Crippen LogP contribution in [0.1, 0.15) is 6.92 Å². The summed E-state index contributed by atoms with van der Waals surface area (Å²) < 4.78 is 9.59. The Kier molecular flexibility index (Phi) is 7.01. The van der Waals surface area contributed by atoms with E-state index in [0.717, 1.165) is 6.54 Å². The first-order chi connectivity index (χ1) is 6.20. The average molecular weight is 187 g/mol. The Morgan fingerprint density at radius 3 is 2.77 bits per heavy atom. The van der Waals surface area contributed by atoms with Gasteiger partial charge in [0.1, 0.15) is 0 Å². The molecule has 0 aliphatic rings. The lowest BCUT2D eigenvalue weighted by Gasteiger charge is -2.12. The summed E-state index contributed by atoms with van der Waals surface area (Å²) >= 11 is 0. The van der Waals surface area contributed by atoms with Gasteiger partial charge < -0.3 is 14.4 Å². The molecule has 0 N–H and O–H groups in total. The van der Waals surface area contributed by atoms with E-state index in [1.165, 1.54) is 13.2 Å². The van der Waals surface area contributed by atoms with E-state index in [-0.39, 0.29) is 5.97 Å². The van der Waals surface area contributed by atoms with Crippen molar-refractivity contribution < 1.29 is 14.3 Å². The van der Waals surface area contributed by atoms with Gasteiger partial charge in [-0.05, 0) is 6.92 Å². The van der Waals surface area contributed by atoms with Crippen LogP contribution in [0.4, 0.5) is 0 Å². The molecule has 0 saturated heterocycles. The van der Waals surface area contributed by atoms with E-state index in [1.54, 1.807) is 6.20 Å². The molecule has 0 aromatic rings. The van der Waals surface area contributed by atoms with Gasteiger partial charge in [-0.3, -0.25) is 0 Å². The number of hydrogen-bond acceptors (Lipinski definition) is 4. The molecule has 0 unspecified atom stereocenters. The normalized spacial score (nSPS) is 10.4. The minimum Gasteiger partial charge on any atom is -0.466 e. The summed E-state index contributed by atoms with van der Waals surface area (Å²) in [4.78, 5) is 12.5. The number of likely N-dealkylation sites (N-methyl/N-ethyl adjacent to an activating group) is 1. The second-order valence-electron chi connectivity index (χ2n) is 2.52. The Balaban J connectivity index is 3.54. The van der Waals surface area contributed by atoms with Crippen molar-refractivity contribution >= 4 is 5.97 Å². The maximum atomic E-state index is 10.7. The van der Waals surface area contributed by atoms with Gasteiger partial charge in [0.25, 0.3) is 0 Å². The zero-order chi connectivity index (χ0) is 10.1. The maximum absolute atomic E-state index is 10.7. The summed E-state index contributed by atoms with van der Waals surface area (Å²) in [5.74, 6) is -0.344. The summed E-state index contributed by atoms with van der Waals surface area (Å²) in [5, 5.41) is 0. The molecule has 0 fully saturated rings. The summed E-state index contributed by atoms with van der Waals surface area (Å²) in [6.07, 6.45) is 3.05. The molecule has 0 aliphatic carbocycles. The van der Waals surface area contributed by atoms with Crippen molar-refractivity contribution in [2.75, 3.05) is 33.9 Å². The van der Waals surface area contributed by atoms with Gasteiger partial charge in [-0.2, -0.15) is 0 Å². The third-order valence-electron chi connectivity index (χ3n) is 1.46. The van der Waals surface area contributed by atoms with Crippen LogP contribution in [0, 0.1) is 0 Å². The molecule has 0 bridgehead atoms. The van der Waals surface area contributed by atoms with Crippen molar-refractivity contribution in [3.8, 4) is 0 Å². The van der Waals surface area contributed by atoms with Gasteiger partial charge in [0.15, 0.2) is 0 Å². The van der Waals surface area contributed by atoms with E-state index >= 15 is 0 Å². The molecular weight excluding hydrogens is 170 g/mol. The summed E-state index contributed by atoms with van der Waals surface area (Å²) in [5.41, 5.74) is 0. The highest BCUT2D eigenvalue weighted by Gasteiger charge is 1.93. The largest absolute Gasteiger partial charge is 0.466 e. The van der Waals surface area contributed by atoms with Crippen LogP contribution in [-0.2, 0) is 14.3 Å². The fourth-order valence-electron chi connectivity index (χ4n) is 0.684. The number of hydrogen-bond donors (Lipinski definition) is 0. The quantitative estimate of drug-likeness (QED) is 0.347. The first kappa shape index (κ1) is 12.0. The molecule has 0 saturated carbocycles. The lowest BCUT2D eigenvalue weighted by Crippen LogP contribution is -2.17. The average Bonchev–Trinajstić information content (AvgIpc) is 2.14. The first-order valence-corrected chi connectivity index (χ1v) is 4.24. The number of methoxy groups -OCH3 is 1. The second-order valence-corrected chi connectivity index (χ2v) is 2.52. The predicted molar refractivity (Wildman–Crippen MR) is 50.3 cm³/mol. The van der Waals surface area contributed by atoms with Crippen LogP contribution >= 0.6 is 0 Å².